The average Bonchev–Trinajstić information content (AvgIpc) is 3.68. The zero-order valence-corrected chi connectivity index (χ0v) is 26.2. The van der Waals surface area contributed by atoms with E-state index >= 15 is 0 Å². The van der Waals surface area contributed by atoms with Gasteiger partial charge in [-0.25, -0.2) is 4.98 Å². The van der Waals surface area contributed by atoms with Crippen LogP contribution in [0.4, 0.5) is 22.2 Å². The Hall–Kier alpha value is -4.49. The van der Waals surface area contributed by atoms with Crippen LogP contribution in [0.1, 0.15) is 45.1 Å². The first kappa shape index (κ1) is 30.2. The predicted molar refractivity (Wildman–Crippen MR) is 172 cm³/mol. The maximum atomic E-state index is 14.8. The van der Waals surface area contributed by atoms with Crippen molar-refractivity contribution in [1.29, 1.82) is 0 Å². The number of halogens is 1. The lowest BCUT2D eigenvalue weighted by atomic mass is 9.97. The second kappa shape index (κ2) is 13.5. The van der Waals surface area contributed by atoms with Crippen LogP contribution < -0.4 is 25.0 Å². The fourth-order valence-corrected chi connectivity index (χ4v) is 6.47. The molecule has 2 aliphatic rings. The Morgan fingerprint density at radius 2 is 1.63 bits per heavy atom. The van der Waals surface area contributed by atoms with Gasteiger partial charge in [-0.05, 0) is 94.6 Å². The molecule has 2 aliphatic heterocycles. The van der Waals surface area contributed by atoms with Crippen molar-refractivity contribution in [3.05, 3.63) is 54.0 Å². The number of hydrogen-bond donors (Lipinski definition) is 2. The molecule has 0 bridgehead atoms. The van der Waals surface area contributed by atoms with Crippen molar-refractivity contribution in [3.8, 4) is 11.5 Å². The third-order valence-electron chi connectivity index (χ3n) is 8.59. The van der Waals surface area contributed by atoms with E-state index in [1.54, 1.807) is 18.3 Å². The van der Waals surface area contributed by atoms with Gasteiger partial charge in [0.25, 0.3) is 11.7 Å². The van der Waals surface area contributed by atoms with Crippen molar-refractivity contribution in [2.45, 2.75) is 58.2 Å². The van der Waals surface area contributed by atoms with Crippen molar-refractivity contribution < 1.29 is 22.7 Å². The second-order valence-corrected chi connectivity index (χ2v) is 11.7. The zero-order chi connectivity index (χ0) is 31.5. The molecule has 0 radical (unpaired) electrons. The largest absolute Gasteiger partial charge is 0.491 e. The third kappa shape index (κ3) is 6.42. The first-order valence-corrected chi connectivity index (χ1v) is 16.1. The summed E-state index contributed by atoms with van der Waals surface area (Å²) in [5.41, 5.74) is 3.25. The smallest absolute Gasteiger partial charge is 0.302 e. The molecule has 0 aliphatic carbocycles. The van der Waals surface area contributed by atoms with Crippen molar-refractivity contribution in [1.82, 2.24) is 30.2 Å². The number of nitrogens with zero attached hydrogens (tertiary/aromatic N) is 6. The number of hydrogen-bond acceptors (Lipinski definition) is 12. The number of pyridine rings is 2. The minimum atomic E-state index is -0.442. The van der Waals surface area contributed by atoms with E-state index in [2.05, 4.69) is 35.4 Å². The van der Waals surface area contributed by atoms with E-state index in [4.69, 9.17) is 23.3 Å². The Balaban J connectivity index is 1.07. The number of anilines is 3. The molecule has 0 atom stereocenters. The van der Waals surface area contributed by atoms with Crippen molar-refractivity contribution in [2.24, 2.45) is 0 Å². The van der Waals surface area contributed by atoms with Crippen LogP contribution in [0.25, 0.3) is 22.5 Å². The van der Waals surface area contributed by atoms with E-state index < -0.39 is 5.82 Å². The SMILES string of the molecule is CCOc1cc(CN2CCC(N(c3nc4ccc(Nc5nc6cccnc6o5)nc4o3)C3CCNCC3)CC2)cc(OCC)c1F. The van der Waals surface area contributed by atoms with Crippen LogP contribution in [0.3, 0.4) is 0 Å². The third-order valence-corrected chi connectivity index (χ3v) is 8.59. The van der Waals surface area contributed by atoms with Gasteiger partial charge in [0.05, 0.1) is 13.2 Å². The molecule has 6 heterocycles. The summed E-state index contributed by atoms with van der Waals surface area (Å²) in [5, 5.41) is 6.60. The quantitative estimate of drug-likeness (QED) is 0.187. The monoisotopic (exact) mass is 630 g/mol. The van der Waals surface area contributed by atoms with Gasteiger partial charge >= 0.3 is 6.01 Å². The highest BCUT2D eigenvalue weighted by Gasteiger charge is 2.34. The number of likely N-dealkylation sites (tertiary alicyclic amines) is 1. The minimum absolute atomic E-state index is 0.240. The first-order valence-electron chi connectivity index (χ1n) is 16.1. The fraction of sp³-hybridized carbons (Fsp3) is 0.455. The van der Waals surface area contributed by atoms with Crippen LogP contribution in [0.15, 0.2) is 51.4 Å². The van der Waals surface area contributed by atoms with Gasteiger partial charge in [0.1, 0.15) is 16.9 Å². The van der Waals surface area contributed by atoms with Crippen molar-refractivity contribution in [3.63, 3.8) is 0 Å². The van der Waals surface area contributed by atoms with Gasteiger partial charge in [0.2, 0.25) is 11.5 Å². The summed E-state index contributed by atoms with van der Waals surface area (Å²) < 4.78 is 38.0. The van der Waals surface area contributed by atoms with Crippen LogP contribution in [0.5, 0.6) is 11.5 Å². The number of benzene rings is 1. The summed E-state index contributed by atoms with van der Waals surface area (Å²) in [6.07, 6.45) is 5.60. The Bertz CT molecular complexity index is 1720. The molecule has 1 aromatic carbocycles. The molecular formula is C33H39FN8O4. The van der Waals surface area contributed by atoms with Gasteiger partial charge in [-0.3, -0.25) is 10.2 Å². The molecule has 0 amide bonds. The van der Waals surface area contributed by atoms with Crippen molar-refractivity contribution in [2.75, 3.05) is 49.6 Å². The lowest BCUT2D eigenvalue weighted by molar-refractivity contribution is 0.190. The molecule has 4 aromatic heterocycles. The van der Waals surface area contributed by atoms with E-state index in [0.29, 0.717) is 66.1 Å². The summed E-state index contributed by atoms with van der Waals surface area (Å²) >= 11 is 0. The zero-order valence-electron chi connectivity index (χ0n) is 26.2. The molecule has 5 aromatic rings. The number of rotatable bonds is 11. The van der Waals surface area contributed by atoms with E-state index in [0.717, 1.165) is 57.4 Å². The summed E-state index contributed by atoms with van der Waals surface area (Å²) in [4.78, 5) is 23.0. The Labute approximate surface area is 266 Å². The summed E-state index contributed by atoms with van der Waals surface area (Å²) in [6.45, 7) is 8.89. The van der Waals surface area contributed by atoms with Gasteiger partial charge in [0.15, 0.2) is 11.5 Å². The topological polar surface area (TPSA) is 127 Å². The molecule has 7 rings (SSSR count). The molecule has 242 valence electrons. The molecule has 0 saturated carbocycles. The van der Waals surface area contributed by atoms with E-state index in [-0.39, 0.29) is 17.5 Å². The fourth-order valence-electron chi connectivity index (χ4n) is 6.47. The maximum Gasteiger partial charge on any atom is 0.302 e. The highest BCUT2D eigenvalue weighted by Crippen LogP contribution is 2.33. The van der Waals surface area contributed by atoms with Crippen LogP contribution in [0.2, 0.25) is 0 Å². The summed E-state index contributed by atoms with van der Waals surface area (Å²) in [7, 11) is 0. The van der Waals surface area contributed by atoms with E-state index in [1.807, 2.05) is 38.1 Å². The Kier molecular flexibility index (Phi) is 8.84. The lowest BCUT2D eigenvalue weighted by Gasteiger charge is -2.43. The van der Waals surface area contributed by atoms with Crippen LogP contribution in [-0.4, -0.2) is 76.3 Å². The number of nitrogens with one attached hydrogen (secondary N) is 2. The van der Waals surface area contributed by atoms with Gasteiger partial charge in [-0.2, -0.15) is 19.3 Å². The standard InChI is InChI=1S/C33H39FN8O4/c1-3-43-26-18-21(19-27(29(26)34)44-4-2)20-41-16-11-23(12-17-41)42(22-9-14-35-15-10-22)33-38-25-7-8-28(39-31(25)46-33)40-32-37-24-6-5-13-36-30(24)45-32/h5-8,13,18-19,22-23,35H,3-4,9-12,14-17,20H2,1-2H3,(H,37,39,40). The minimum Gasteiger partial charge on any atom is -0.491 e. The molecule has 13 heteroatoms. The normalized spacial score (nSPS) is 16.7. The maximum absolute atomic E-state index is 14.8. The Morgan fingerprint density at radius 3 is 2.35 bits per heavy atom. The van der Waals surface area contributed by atoms with Crippen LogP contribution >= 0.6 is 0 Å². The predicted octanol–water partition coefficient (Wildman–Crippen LogP) is 5.66. The van der Waals surface area contributed by atoms with Gasteiger partial charge < -0.3 is 28.5 Å². The lowest BCUT2D eigenvalue weighted by Crippen LogP contribution is -2.52. The molecule has 12 nitrogen and oxygen atoms in total. The van der Waals surface area contributed by atoms with Gasteiger partial charge in [0, 0.05) is 37.9 Å². The van der Waals surface area contributed by atoms with E-state index in [1.165, 1.54) is 0 Å². The Morgan fingerprint density at radius 1 is 0.913 bits per heavy atom. The number of ether oxygens (including phenoxy) is 2. The highest BCUT2D eigenvalue weighted by atomic mass is 19.1. The van der Waals surface area contributed by atoms with Crippen LogP contribution in [-0.2, 0) is 6.54 Å². The molecule has 0 unspecified atom stereocenters. The molecule has 0 spiro atoms. The molecule has 2 N–H and O–H groups in total. The van der Waals surface area contributed by atoms with Crippen molar-refractivity contribution >= 4 is 40.3 Å². The second-order valence-electron chi connectivity index (χ2n) is 11.7. The number of piperidine rings is 2. The number of oxazole rings is 2. The molecule has 46 heavy (non-hydrogen) atoms. The number of fused-ring (bicyclic) bond motifs is 2. The first-order chi connectivity index (χ1) is 22.6. The van der Waals surface area contributed by atoms with Gasteiger partial charge in [-0.15, -0.1) is 0 Å². The number of aromatic nitrogens is 4. The summed E-state index contributed by atoms with van der Waals surface area (Å²) in [6, 6.07) is 12.5. The van der Waals surface area contributed by atoms with Crippen LogP contribution in [0, 0.1) is 5.82 Å². The molecule has 2 saturated heterocycles. The molecular weight excluding hydrogens is 591 g/mol. The molecule has 2 fully saturated rings. The van der Waals surface area contributed by atoms with Gasteiger partial charge in [-0.1, -0.05) is 0 Å². The highest BCUT2D eigenvalue weighted by molar-refractivity contribution is 5.75. The summed E-state index contributed by atoms with van der Waals surface area (Å²) in [5.74, 6) is 0.584. The average molecular weight is 631 g/mol. The van der Waals surface area contributed by atoms with E-state index in [9.17, 15) is 4.39 Å².